The quantitative estimate of drug-likeness (QED) is 0.751. The summed E-state index contributed by atoms with van der Waals surface area (Å²) in [5.74, 6) is 0. The smallest absolute Gasteiger partial charge is 0.0621 e. The first-order valence-electron chi connectivity index (χ1n) is 5.15. The molecule has 0 saturated carbocycles. The van der Waals surface area contributed by atoms with Crippen LogP contribution in [0.25, 0.3) is 0 Å². The van der Waals surface area contributed by atoms with Crippen molar-refractivity contribution in [2.45, 2.75) is 25.8 Å². The van der Waals surface area contributed by atoms with Gasteiger partial charge in [0.2, 0.25) is 0 Å². The van der Waals surface area contributed by atoms with E-state index < -0.39 is 0 Å². The van der Waals surface area contributed by atoms with Crippen LogP contribution < -0.4 is 5.32 Å². The minimum Gasteiger partial charge on any atom is -0.313 e. The van der Waals surface area contributed by atoms with E-state index in [1.54, 1.807) is 0 Å². The number of hydrogen-bond donors (Lipinski definition) is 1. The summed E-state index contributed by atoms with van der Waals surface area (Å²) in [6, 6.07) is 9.97. The molecule has 0 atom stereocenters. The highest BCUT2D eigenvalue weighted by Crippen LogP contribution is 2.14. The average molecular weight is 223 g/mol. The van der Waals surface area contributed by atoms with Crippen molar-refractivity contribution in [3.05, 3.63) is 34.9 Å². The van der Waals surface area contributed by atoms with Crippen LogP contribution in [-0.4, -0.2) is 6.54 Å². The zero-order chi connectivity index (χ0) is 10.9. The van der Waals surface area contributed by atoms with Gasteiger partial charge in [0.05, 0.1) is 6.07 Å². The first-order valence-corrected chi connectivity index (χ1v) is 5.53. The van der Waals surface area contributed by atoms with Gasteiger partial charge in [0, 0.05) is 18.0 Å². The number of halogens is 1. The molecule has 0 heterocycles. The van der Waals surface area contributed by atoms with E-state index in [2.05, 4.69) is 11.4 Å². The van der Waals surface area contributed by atoms with Crippen LogP contribution in [-0.2, 0) is 6.54 Å². The number of nitrogens with one attached hydrogen (secondary N) is 1. The lowest BCUT2D eigenvalue weighted by molar-refractivity contribution is 0.629. The fraction of sp³-hybridized carbons (Fsp3) is 0.417. The van der Waals surface area contributed by atoms with Crippen LogP contribution in [0.5, 0.6) is 0 Å². The Morgan fingerprint density at radius 1 is 1.27 bits per heavy atom. The molecule has 0 fully saturated rings. The van der Waals surface area contributed by atoms with Crippen molar-refractivity contribution in [1.29, 1.82) is 5.26 Å². The number of nitrogens with zero attached hydrogens (tertiary/aromatic N) is 1. The van der Waals surface area contributed by atoms with Crippen LogP contribution in [0.1, 0.15) is 24.8 Å². The maximum Gasteiger partial charge on any atom is 0.0621 e. The molecule has 0 amide bonds. The van der Waals surface area contributed by atoms with E-state index in [-0.39, 0.29) is 0 Å². The van der Waals surface area contributed by atoms with E-state index in [0.717, 1.165) is 36.5 Å². The van der Waals surface area contributed by atoms with Crippen LogP contribution in [0.2, 0.25) is 5.02 Å². The van der Waals surface area contributed by atoms with E-state index in [4.69, 9.17) is 16.9 Å². The molecule has 1 rings (SSSR count). The van der Waals surface area contributed by atoms with Gasteiger partial charge < -0.3 is 5.32 Å². The Morgan fingerprint density at radius 3 is 2.80 bits per heavy atom. The fourth-order valence-corrected chi connectivity index (χ4v) is 1.52. The molecule has 0 spiro atoms. The number of benzene rings is 1. The summed E-state index contributed by atoms with van der Waals surface area (Å²) < 4.78 is 0. The van der Waals surface area contributed by atoms with Gasteiger partial charge in [0.25, 0.3) is 0 Å². The summed E-state index contributed by atoms with van der Waals surface area (Å²) in [7, 11) is 0. The van der Waals surface area contributed by atoms with Gasteiger partial charge in [0.1, 0.15) is 0 Å². The number of unbranched alkanes of at least 4 members (excludes halogenated alkanes) is 2. The lowest BCUT2D eigenvalue weighted by Crippen LogP contribution is -2.14. The molecule has 0 radical (unpaired) electrons. The number of nitriles is 1. The Balaban J connectivity index is 2.16. The van der Waals surface area contributed by atoms with Gasteiger partial charge >= 0.3 is 0 Å². The average Bonchev–Trinajstić information content (AvgIpc) is 2.25. The molecule has 0 aliphatic rings. The molecule has 0 aliphatic heterocycles. The van der Waals surface area contributed by atoms with Gasteiger partial charge in [-0.25, -0.2) is 0 Å². The topological polar surface area (TPSA) is 35.8 Å². The normalized spacial score (nSPS) is 9.87. The number of hydrogen-bond acceptors (Lipinski definition) is 2. The molecule has 80 valence electrons. The Morgan fingerprint density at radius 2 is 2.07 bits per heavy atom. The van der Waals surface area contributed by atoms with Crippen molar-refractivity contribution in [1.82, 2.24) is 5.32 Å². The lowest BCUT2D eigenvalue weighted by atomic mass is 10.2. The summed E-state index contributed by atoms with van der Waals surface area (Å²) in [5, 5.41) is 12.5. The van der Waals surface area contributed by atoms with Crippen LogP contribution in [0.4, 0.5) is 0 Å². The molecule has 1 N–H and O–H groups in total. The first kappa shape index (κ1) is 12.0. The molecule has 15 heavy (non-hydrogen) atoms. The predicted octanol–water partition coefficient (Wildman–Crippen LogP) is 3.12. The third kappa shape index (κ3) is 4.83. The zero-order valence-corrected chi connectivity index (χ0v) is 9.43. The minimum atomic E-state index is 0.647. The maximum absolute atomic E-state index is 8.35. The molecule has 1 aromatic rings. The molecular formula is C12H15ClN2. The summed E-state index contributed by atoms with van der Waals surface area (Å²) in [5.41, 5.74) is 1.12. The van der Waals surface area contributed by atoms with Crippen LogP contribution >= 0.6 is 11.6 Å². The zero-order valence-electron chi connectivity index (χ0n) is 8.67. The van der Waals surface area contributed by atoms with Gasteiger partial charge in [-0.05, 0) is 31.0 Å². The van der Waals surface area contributed by atoms with Crippen molar-refractivity contribution in [2.75, 3.05) is 6.54 Å². The molecule has 0 unspecified atom stereocenters. The van der Waals surface area contributed by atoms with Gasteiger partial charge in [-0.15, -0.1) is 0 Å². The van der Waals surface area contributed by atoms with Crippen molar-refractivity contribution in [3.63, 3.8) is 0 Å². The fourth-order valence-electron chi connectivity index (χ4n) is 1.32. The second kappa shape index (κ2) is 7.28. The van der Waals surface area contributed by atoms with Crippen LogP contribution in [0, 0.1) is 11.3 Å². The van der Waals surface area contributed by atoms with Gasteiger partial charge in [-0.1, -0.05) is 29.8 Å². The summed E-state index contributed by atoms with van der Waals surface area (Å²) in [6.07, 6.45) is 2.65. The Labute approximate surface area is 95.9 Å². The van der Waals surface area contributed by atoms with Crippen molar-refractivity contribution in [2.24, 2.45) is 0 Å². The van der Waals surface area contributed by atoms with Gasteiger partial charge in [-0.3, -0.25) is 0 Å². The second-order valence-electron chi connectivity index (χ2n) is 3.38. The third-order valence-electron chi connectivity index (χ3n) is 2.17. The Kier molecular flexibility index (Phi) is 5.84. The van der Waals surface area contributed by atoms with Crippen LogP contribution in [0.3, 0.4) is 0 Å². The largest absolute Gasteiger partial charge is 0.313 e. The molecule has 0 saturated heterocycles. The Hall–Kier alpha value is -1.04. The summed E-state index contributed by atoms with van der Waals surface area (Å²) >= 11 is 6.00. The van der Waals surface area contributed by atoms with E-state index in [1.165, 1.54) is 0 Å². The van der Waals surface area contributed by atoms with Crippen molar-refractivity contribution >= 4 is 11.6 Å². The van der Waals surface area contributed by atoms with E-state index in [1.807, 2.05) is 24.3 Å². The van der Waals surface area contributed by atoms with E-state index in [9.17, 15) is 0 Å². The Bertz CT molecular complexity index is 331. The minimum absolute atomic E-state index is 0.647. The van der Waals surface area contributed by atoms with Crippen molar-refractivity contribution < 1.29 is 0 Å². The lowest BCUT2D eigenvalue weighted by Gasteiger charge is -2.05. The second-order valence-corrected chi connectivity index (χ2v) is 3.79. The molecule has 0 bridgehead atoms. The SMILES string of the molecule is N#CCCCCNCc1ccccc1Cl. The molecule has 3 heteroatoms. The highest BCUT2D eigenvalue weighted by atomic mass is 35.5. The summed E-state index contributed by atoms with van der Waals surface area (Å²) in [6.45, 7) is 1.74. The number of rotatable bonds is 6. The van der Waals surface area contributed by atoms with E-state index >= 15 is 0 Å². The molecule has 2 nitrogen and oxygen atoms in total. The predicted molar refractivity (Wildman–Crippen MR) is 62.6 cm³/mol. The van der Waals surface area contributed by atoms with Gasteiger partial charge in [0.15, 0.2) is 0 Å². The molecule has 0 aliphatic carbocycles. The van der Waals surface area contributed by atoms with Gasteiger partial charge in [-0.2, -0.15) is 5.26 Å². The monoisotopic (exact) mass is 222 g/mol. The maximum atomic E-state index is 8.35. The highest BCUT2D eigenvalue weighted by molar-refractivity contribution is 6.31. The molecule has 1 aromatic carbocycles. The van der Waals surface area contributed by atoms with Crippen LogP contribution in [0.15, 0.2) is 24.3 Å². The van der Waals surface area contributed by atoms with Crippen molar-refractivity contribution in [3.8, 4) is 6.07 Å². The highest BCUT2D eigenvalue weighted by Gasteiger charge is 1.97. The first-order chi connectivity index (χ1) is 7.34. The molecular weight excluding hydrogens is 208 g/mol. The van der Waals surface area contributed by atoms with E-state index in [0.29, 0.717) is 6.42 Å². The summed E-state index contributed by atoms with van der Waals surface area (Å²) in [4.78, 5) is 0. The third-order valence-corrected chi connectivity index (χ3v) is 2.53. The molecule has 0 aromatic heterocycles. The standard InChI is InChI=1S/C12H15ClN2/c13-12-7-3-2-6-11(12)10-15-9-5-1-4-8-14/h2-3,6-7,15H,1,4-5,9-10H2.